The Labute approximate surface area is 248 Å². The van der Waals surface area contributed by atoms with Crippen LogP contribution >= 0.6 is 22.7 Å². The lowest BCUT2D eigenvalue weighted by atomic mass is 9.88. The van der Waals surface area contributed by atoms with Crippen LogP contribution in [0, 0.1) is 17.2 Å². The summed E-state index contributed by atoms with van der Waals surface area (Å²) in [5.74, 6) is 1.17. The molecule has 1 aromatic carbocycles. The zero-order valence-corrected chi connectivity index (χ0v) is 24.6. The molecule has 12 nitrogen and oxygen atoms in total. The van der Waals surface area contributed by atoms with Gasteiger partial charge in [-0.3, -0.25) is 4.79 Å². The van der Waals surface area contributed by atoms with E-state index in [2.05, 4.69) is 20.4 Å². The number of hydrogen-bond acceptors (Lipinski definition) is 12. The van der Waals surface area contributed by atoms with Crippen molar-refractivity contribution in [2.45, 2.75) is 50.9 Å². The number of hydrogen-bond donors (Lipinski definition) is 2. The van der Waals surface area contributed by atoms with Crippen molar-refractivity contribution in [3.63, 3.8) is 0 Å². The standard InChI is InChI=1S/C28H28N6O6S2/c1-37-18-10-21(19-12-23(40-22(19)11-18)20-13-34-26(31-20)42-27(33-34)38-2)39-14-17-15-41-25(30-17)28(36,8-9-29)32-24(35)16-6-4-3-5-7-16/h10-13,15-16,36H,3-8,14H2,1-2H3,(H,32,35). The predicted octanol–water partition coefficient (Wildman–Crippen LogP) is 5.01. The van der Waals surface area contributed by atoms with Gasteiger partial charge in [0, 0.05) is 23.4 Å². The van der Waals surface area contributed by atoms with Crippen LogP contribution in [0.1, 0.15) is 49.2 Å². The van der Waals surface area contributed by atoms with Crippen LogP contribution in [0.4, 0.5) is 0 Å². The van der Waals surface area contributed by atoms with Gasteiger partial charge in [-0.25, -0.2) is 14.5 Å². The van der Waals surface area contributed by atoms with E-state index in [0.29, 0.717) is 49.8 Å². The fourth-order valence-electron chi connectivity index (χ4n) is 5.00. The highest BCUT2D eigenvalue weighted by Gasteiger charge is 2.37. The van der Waals surface area contributed by atoms with Gasteiger partial charge in [0.1, 0.15) is 34.4 Å². The Bertz CT molecular complexity index is 1750. The first-order valence-electron chi connectivity index (χ1n) is 13.4. The smallest absolute Gasteiger partial charge is 0.294 e. The van der Waals surface area contributed by atoms with Crippen molar-refractivity contribution in [1.29, 1.82) is 5.26 Å². The van der Waals surface area contributed by atoms with Crippen molar-refractivity contribution in [2.24, 2.45) is 5.92 Å². The Morgan fingerprint density at radius 2 is 2.07 bits per heavy atom. The third-order valence-electron chi connectivity index (χ3n) is 7.18. The highest BCUT2D eigenvalue weighted by molar-refractivity contribution is 7.18. The largest absolute Gasteiger partial charge is 0.496 e. The third-order valence-corrected chi connectivity index (χ3v) is 9.11. The summed E-state index contributed by atoms with van der Waals surface area (Å²) in [6.07, 6.45) is 6.07. The molecule has 1 atom stereocenters. The third kappa shape index (κ3) is 5.50. The minimum absolute atomic E-state index is 0.0718. The summed E-state index contributed by atoms with van der Waals surface area (Å²) in [5.41, 5.74) is -0.179. The van der Waals surface area contributed by atoms with Crippen LogP contribution in [-0.4, -0.2) is 44.8 Å². The molecule has 1 unspecified atom stereocenters. The van der Waals surface area contributed by atoms with E-state index in [9.17, 15) is 15.2 Å². The number of fused-ring (bicyclic) bond motifs is 2. The molecule has 42 heavy (non-hydrogen) atoms. The lowest BCUT2D eigenvalue weighted by Gasteiger charge is -2.28. The summed E-state index contributed by atoms with van der Waals surface area (Å²) in [6.45, 7) is 0.0718. The number of benzene rings is 1. The molecule has 1 saturated carbocycles. The number of carbonyl (C=O) groups is 1. The Balaban J connectivity index is 1.22. The molecule has 5 aromatic rings. The Morgan fingerprint density at radius 1 is 1.24 bits per heavy atom. The fraction of sp³-hybridized carbons (Fsp3) is 0.393. The summed E-state index contributed by atoms with van der Waals surface area (Å²) in [4.78, 5) is 22.6. The molecule has 1 fully saturated rings. The monoisotopic (exact) mass is 608 g/mol. The van der Waals surface area contributed by atoms with Crippen LogP contribution in [0.15, 0.2) is 34.2 Å². The van der Waals surface area contributed by atoms with Crippen molar-refractivity contribution in [3.05, 3.63) is 40.5 Å². The number of nitrogens with zero attached hydrogens (tertiary/aromatic N) is 5. The highest BCUT2D eigenvalue weighted by Crippen LogP contribution is 2.38. The minimum atomic E-state index is -1.87. The molecule has 0 saturated heterocycles. The number of amides is 1. The number of aliphatic hydroxyl groups is 1. The summed E-state index contributed by atoms with van der Waals surface area (Å²) in [6, 6.07) is 7.33. The number of furan rings is 1. The second-order valence-electron chi connectivity index (χ2n) is 10.0. The van der Waals surface area contributed by atoms with Crippen molar-refractivity contribution in [2.75, 3.05) is 14.2 Å². The quantitative estimate of drug-likeness (QED) is 0.207. The van der Waals surface area contributed by atoms with Crippen molar-refractivity contribution in [3.8, 4) is 34.2 Å². The van der Waals surface area contributed by atoms with Gasteiger partial charge in [-0.05, 0) is 30.2 Å². The molecule has 2 N–H and O–H groups in total. The highest BCUT2D eigenvalue weighted by atomic mass is 32.1. The average Bonchev–Trinajstić information content (AvgIpc) is 3.79. The van der Waals surface area contributed by atoms with Crippen LogP contribution < -0.4 is 19.5 Å². The van der Waals surface area contributed by atoms with E-state index in [0.717, 1.165) is 43.4 Å². The average molecular weight is 609 g/mol. The summed E-state index contributed by atoms with van der Waals surface area (Å²) >= 11 is 2.48. The van der Waals surface area contributed by atoms with Gasteiger partial charge in [0.15, 0.2) is 5.76 Å². The Kier molecular flexibility index (Phi) is 7.72. The van der Waals surface area contributed by atoms with Gasteiger partial charge in [-0.15, -0.1) is 16.4 Å². The number of carbonyl (C=O) groups excluding carboxylic acids is 1. The number of rotatable bonds is 10. The molecule has 0 bridgehead atoms. The van der Waals surface area contributed by atoms with Crippen LogP contribution in [0.5, 0.6) is 16.7 Å². The van der Waals surface area contributed by atoms with Crippen molar-refractivity contribution < 1.29 is 28.5 Å². The predicted molar refractivity (Wildman–Crippen MR) is 154 cm³/mol. The molecular weight excluding hydrogens is 580 g/mol. The maximum absolute atomic E-state index is 12.9. The number of thiazole rings is 1. The molecule has 1 amide bonds. The van der Waals surface area contributed by atoms with Gasteiger partial charge in [0.2, 0.25) is 16.6 Å². The maximum Gasteiger partial charge on any atom is 0.294 e. The number of aromatic nitrogens is 4. The summed E-state index contributed by atoms with van der Waals surface area (Å²) in [5, 5.41) is 30.9. The zero-order chi connectivity index (χ0) is 29.3. The number of methoxy groups -OCH3 is 2. The number of ether oxygens (including phenoxy) is 3. The topological polar surface area (TPSA) is 157 Å². The molecule has 0 aliphatic heterocycles. The van der Waals surface area contributed by atoms with Crippen molar-refractivity contribution >= 4 is 44.5 Å². The van der Waals surface area contributed by atoms with Gasteiger partial charge in [-0.2, -0.15) is 5.26 Å². The maximum atomic E-state index is 12.9. The van der Waals surface area contributed by atoms with Crippen LogP contribution in [0.25, 0.3) is 27.4 Å². The minimum Gasteiger partial charge on any atom is -0.496 e. The summed E-state index contributed by atoms with van der Waals surface area (Å²) in [7, 11) is 3.12. The number of imidazole rings is 1. The first-order valence-corrected chi connectivity index (χ1v) is 15.1. The fourth-order valence-corrected chi connectivity index (χ4v) is 6.56. The van der Waals surface area contributed by atoms with Gasteiger partial charge in [-0.1, -0.05) is 19.3 Å². The first-order chi connectivity index (χ1) is 20.4. The molecule has 6 rings (SSSR count). The first kappa shape index (κ1) is 28.0. The number of nitriles is 1. The van der Waals surface area contributed by atoms with E-state index >= 15 is 0 Å². The summed E-state index contributed by atoms with van der Waals surface area (Å²) < 4.78 is 24.5. The van der Waals surface area contributed by atoms with Crippen LogP contribution in [0.2, 0.25) is 0 Å². The SMILES string of the molecule is COc1cc(OCc2csc(C(O)(CC#N)NC(=O)C3CCCCC3)n2)c2cc(-c3cn4nc(OC)sc4n3)oc2c1. The van der Waals surface area contributed by atoms with Crippen LogP contribution in [-0.2, 0) is 17.1 Å². The van der Waals surface area contributed by atoms with Gasteiger partial charge >= 0.3 is 0 Å². The van der Waals surface area contributed by atoms with Gasteiger partial charge < -0.3 is 29.1 Å². The van der Waals surface area contributed by atoms with E-state index in [-0.39, 0.29) is 29.9 Å². The van der Waals surface area contributed by atoms with E-state index < -0.39 is 5.72 Å². The lowest BCUT2D eigenvalue weighted by molar-refractivity contribution is -0.134. The lowest BCUT2D eigenvalue weighted by Crippen LogP contribution is -2.48. The van der Waals surface area contributed by atoms with Crippen molar-refractivity contribution in [1.82, 2.24) is 24.9 Å². The molecule has 218 valence electrons. The molecule has 0 spiro atoms. The van der Waals surface area contributed by atoms with Gasteiger partial charge in [0.25, 0.3) is 5.19 Å². The second kappa shape index (κ2) is 11.6. The molecular formula is C28H28N6O6S2. The van der Waals surface area contributed by atoms with Gasteiger partial charge in [0.05, 0.1) is 44.0 Å². The van der Waals surface area contributed by atoms with E-state index in [4.69, 9.17) is 18.6 Å². The second-order valence-corrected chi connectivity index (χ2v) is 11.8. The molecule has 14 heteroatoms. The molecule has 4 aromatic heterocycles. The van der Waals surface area contributed by atoms with Crippen LogP contribution in [0.3, 0.4) is 0 Å². The van der Waals surface area contributed by atoms with E-state index in [1.54, 1.807) is 42.4 Å². The molecule has 1 aliphatic carbocycles. The molecule has 1 aliphatic rings. The molecule has 4 heterocycles. The Morgan fingerprint density at radius 3 is 2.81 bits per heavy atom. The van der Waals surface area contributed by atoms with E-state index in [1.807, 2.05) is 12.1 Å². The zero-order valence-electron chi connectivity index (χ0n) is 23.0. The molecule has 0 radical (unpaired) electrons. The normalized spacial score (nSPS) is 15.4. The Hall–Kier alpha value is -4.19. The van der Waals surface area contributed by atoms with E-state index in [1.165, 1.54) is 11.3 Å². The number of nitrogens with one attached hydrogen (secondary N) is 1.